The monoisotopic (exact) mass is 281 g/mol. The van der Waals surface area contributed by atoms with E-state index in [9.17, 15) is 8.78 Å². The lowest BCUT2D eigenvalue weighted by Gasteiger charge is -2.06. The van der Waals surface area contributed by atoms with Crippen molar-refractivity contribution in [1.29, 1.82) is 0 Å². The van der Waals surface area contributed by atoms with E-state index < -0.39 is 6.61 Å². The van der Waals surface area contributed by atoms with Crippen molar-refractivity contribution < 1.29 is 17.9 Å². The summed E-state index contributed by atoms with van der Waals surface area (Å²) in [7, 11) is 0. The van der Waals surface area contributed by atoms with E-state index in [0.29, 0.717) is 13.1 Å². The van der Waals surface area contributed by atoms with Crippen LogP contribution in [0.5, 0.6) is 5.75 Å². The Labute approximate surface area is 116 Å². The van der Waals surface area contributed by atoms with Crippen LogP contribution in [0.1, 0.15) is 24.0 Å². The van der Waals surface area contributed by atoms with Gasteiger partial charge in [-0.05, 0) is 29.8 Å². The first kappa shape index (κ1) is 14.5. The number of benzene rings is 1. The topological polar surface area (TPSA) is 34.4 Å². The van der Waals surface area contributed by atoms with Crippen molar-refractivity contribution in [1.82, 2.24) is 5.32 Å². The molecule has 0 spiro atoms. The van der Waals surface area contributed by atoms with E-state index in [1.165, 1.54) is 12.1 Å². The molecule has 20 heavy (non-hydrogen) atoms. The van der Waals surface area contributed by atoms with Gasteiger partial charge in [-0.3, -0.25) is 0 Å². The van der Waals surface area contributed by atoms with Gasteiger partial charge in [0.1, 0.15) is 17.3 Å². The third-order valence-corrected chi connectivity index (χ3v) is 2.84. The molecule has 2 rings (SSSR count). The van der Waals surface area contributed by atoms with Crippen molar-refractivity contribution in [3.8, 4) is 5.75 Å². The highest BCUT2D eigenvalue weighted by atomic mass is 19.3. The van der Waals surface area contributed by atoms with Crippen LogP contribution < -0.4 is 10.1 Å². The molecule has 0 aliphatic heterocycles. The molecule has 0 aliphatic rings. The van der Waals surface area contributed by atoms with E-state index in [2.05, 4.69) is 10.1 Å². The molecule has 0 atom stereocenters. The predicted molar refractivity (Wildman–Crippen MR) is 71.7 cm³/mol. The molecule has 1 heterocycles. The molecule has 0 saturated carbocycles. The van der Waals surface area contributed by atoms with Crippen molar-refractivity contribution in [3.05, 3.63) is 53.5 Å². The highest BCUT2D eigenvalue weighted by molar-refractivity contribution is 5.27. The highest BCUT2D eigenvalue weighted by Gasteiger charge is 2.04. The number of ether oxygens (including phenoxy) is 1. The smallest absolute Gasteiger partial charge is 0.387 e. The summed E-state index contributed by atoms with van der Waals surface area (Å²) in [5.41, 5.74) is 0.994. The standard InChI is InChI=1S/C15H17F2NO2/c1-2-12-7-8-14(19-12)10-18-9-11-3-5-13(6-4-11)20-15(16)17/h3-8,15,18H,2,9-10H2,1H3. The molecule has 0 radical (unpaired) electrons. The lowest BCUT2D eigenvalue weighted by atomic mass is 10.2. The van der Waals surface area contributed by atoms with E-state index >= 15 is 0 Å². The Kier molecular flexibility index (Phi) is 5.12. The summed E-state index contributed by atoms with van der Waals surface area (Å²) in [4.78, 5) is 0. The normalized spacial score (nSPS) is 11.0. The quantitative estimate of drug-likeness (QED) is 0.839. The minimum Gasteiger partial charge on any atom is -0.465 e. The fourth-order valence-corrected chi connectivity index (χ4v) is 1.83. The van der Waals surface area contributed by atoms with Crippen molar-refractivity contribution in [2.75, 3.05) is 0 Å². The first-order valence-electron chi connectivity index (χ1n) is 6.49. The average Bonchev–Trinajstić information content (AvgIpc) is 2.88. The molecule has 0 saturated heterocycles. The van der Waals surface area contributed by atoms with Gasteiger partial charge in [0.2, 0.25) is 0 Å². The Morgan fingerprint density at radius 3 is 2.35 bits per heavy atom. The van der Waals surface area contributed by atoms with Crippen molar-refractivity contribution in [3.63, 3.8) is 0 Å². The number of hydrogen-bond donors (Lipinski definition) is 1. The fourth-order valence-electron chi connectivity index (χ4n) is 1.83. The maximum atomic E-state index is 12.0. The molecule has 0 bridgehead atoms. The fraction of sp³-hybridized carbons (Fsp3) is 0.333. The van der Waals surface area contributed by atoms with Crippen LogP contribution in [0.25, 0.3) is 0 Å². The summed E-state index contributed by atoms with van der Waals surface area (Å²) in [5.74, 6) is 2.03. The van der Waals surface area contributed by atoms with Crippen molar-refractivity contribution in [2.24, 2.45) is 0 Å². The van der Waals surface area contributed by atoms with Gasteiger partial charge in [0, 0.05) is 13.0 Å². The minimum absolute atomic E-state index is 0.169. The molecule has 108 valence electrons. The molecule has 0 aliphatic carbocycles. The maximum Gasteiger partial charge on any atom is 0.387 e. The summed E-state index contributed by atoms with van der Waals surface area (Å²) < 4.78 is 33.9. The van der Waals surface area contributed by atoms with Crippen LogP contribution >= 0.6 is 0 Å². The third-order valence-electron chi connectivity index (χ3n) is 2.84. The van der Waals surface area contributed by atoms with Gasteiger partial charge < -0.3 is 14.5 Å². The Balaban J connectivity index is 1.79. The Morgan fingerprint density at radius 1 is 1.05 bits per heavy atom. The van der Waals surface area contributed by atoms with Crippen LogP contribution in [-0.4, -0.2) is 6.61 Å². The van der Waals surface area contributed by atoms with E-state index in [0.717, 1.165) is 23.5 Å². The summed E-state index contributed by atoms with van der Waals surface area (Å²) in [5, 5.41) is 3.23. The molecule has 1 aromatic carbocycles. The molecule has 0 fully saturated rings. The van der Waals surface area contributed by atoms with Gasteiger partial charge in [0.05, 0.1) is 6.54 Å². The second-order valence-electron chi connectivity index (χ2n) is 4.35. The van der Waals surface area contributed by atoms with E-state index in [1.807, 2.05) is 19.1 Å². The van der Waals surface area contributed by atoms with Gasteiger partial charge in [0.25, 0.3) is 0 Å². The Morgan fingerprint density at radius 2 is 1.75 bits per heavy atom. The van der Waals surface area contributed by atoms with Gasteiger partial charge in [-0.15, -0.1) is 0 Å². The molecule has 2 aromatic rings. The van der Waals surface area contributed by atoms with Gasteiger partial charge in [-0.2, -0.15) is 8.78 Å². The summed E-state index contributed by atoms with van der Waals surface area (Å²) in [6.07, 6.45) is 0.881. The van der Waals surface area contributed by atoms with E-state index in [4.69, 9.17) is 4.42 Å². The lowest BCUT2D eigenvalue weighted by molar-refractivity contribution is -0.0498. The summed E-state index contributed by atoms with van der Waals surface area (Å²) in [6.45, 7) is 0.525. The number of furan rings is 1. The van der Waals surface area contributed by atoms with Crippen LogP contribution in [-0.2, 0) is 19.5 Å². The highest BCUT2D eigenvalue weighted by Crippen LogP contribution is 2.15. The molecule has 0 amide bonds. The Bertz CT molecular complexity index is 523. The zero-order valence-corrected chi connectivity index (χ0v) is 11.2. The SMILES string of the molecule is CCc1ccc(CNCc2ccc(OC(F)F)cc2)o1. The molecule has 1 aromatic heterocycles. The van der Waals surface area contributed by atoms with Crippen LogP contribution in [0.4, 0.5) is 8.78 Å². The van der Waals surface area contributed by atoms with Crippen LogP contribution in [0.2, 0.25) is 0 Å². The number of aryl methyl sites for hydroxylation is 1. The largest absolute Gasteiger partial charge is 0.465 e. The molecule has 0 unspecified atom stereocenters. The van der Waals surface area contributed by atoms with Crippen LogP contribution in [0, 0.1) is 0 Å². The first-order valence-corrected chi connectivity index (χ1v) is 6.49. The second kappa shape index (κ2) is 7.05. The summed E-state index contributed by atoms with van der Waals surface area (Å²) >= 11 is 0. The number of nitrogens with one attached hydrogen (secondary N) is 1. The molecule has 3 nitrogen and oxygen atoms in total. The second-order valence-corrected chi connectivity index (χ2v) is 4.35. The first-order chi connectivity index (χ1) is 9.67. The zero-order valence-electron chi connectivity index (χ0n) is 11.2. The van der Waals surface area contributed by atoms with Gasteiger partial charge in [-0.1, -0.05) is 19.1 Å². The molecule has 5 heteroatoms. The van der Waals surface area contributed by atoms with Gasteiger partial charge >= 0.3 is 6.61 Å². The van der Waals surface area contributed by atoms with E-state index in [1.54, 1.807) is 12.1 Å². The molecule has 1 N–H and O–H groups in total. The summed E-state index contributed by atoms with van der Waals surface area (Å²) in [6, 6.07) is 10.5. The van der Waals surface area contributed by atoms with Crippen molar-refractivity contribution in [2.45, 2.75) is 33.0 Å². The average molecular weight is 281 g/mol. The lowest BCUT2D eigenvalue weighted by Crippen LogP contribution is -2.12. The number of alkyl halides is 2. The maximum absolute atomic E-state index is 12.0. The third kappa shape index (κ3) is 4.35. The predicted octanol–water partition coefficient (Wildman–Crippen LogP) is 3.73. The van der Waals surface area contributed by atoms with E-state index in [-0.39, 0.29) is 5.75 Å². The zero-order chi connectivity index (χ0) is 14.4. The van der Waals surface area contributed by atoms with Gasteiger partial charge in [-0.25, -0.2) is 0 Å². The minimum atomic E-state index is -2.79. The van der Waals surface area contributed by atoms with Crippen molar-refractivity contribution >= 4 is 0 Å². The molecular formula is C15H17F2NO2. The van der Waals surface area contributed by atoms with Gasteiger partial charge in [0.15, 0.2) is 0 Å². The number of halogens is 2. The van der Waals surface area contributed by atoms with Crippen LogP contribution in [0.15, 0.2) is 40.8 Å². The number of rotatable bonds is 7. The Hall–Kier alpha value is -1.88. The number of hydrogen-bond acceptors (Lipinski definition) is 3. The van der Waals surface area contributed by atoms with Crippen LogP contribution in [0.3, 0.4) is 0 Å². The molecular weight excluding hydrogens is 264 g/mol.